The first-order valence-electron chi connectivity index (χ1n) is 3.19. The van der Waals surface area contributed by atoms with E-state index in [0.29, 0.717) is 19.8 Å². The first kappa shape index (κ1) is 7.48. The van der Waals surface area contributed by atoms with Gasteiger partial charge >= 0.3 is 0 Å². The molecule has 0 aromatic carbocycles. The molecule has 1 aliphatic heterocycles. The molecule has 0 spiro atoms. The smallest absolute Gasteiger partial charge is 0.122 e. The van der Waals surface area contributed by atoms with E-state index < -0.39 is 6.04 Å². The summed E-state index contributed by atoms with van der Waals surface area (Å²) in [5, 5.41) is 8.38. The largest absolute Gasteiger partial charge is 0.376 e. The van der Waals surface area contributed by atoms with Crippen molar-refractivity contribution in [2.24, 2.45) is 5.73 Å². The number of ether oxygens (including phenoxy) is 2. The van der Waals surface area contributed by atoms with Gasteiger partial charge in [-0.05, 0) is 0 Å². The van der Waals surface area contributed by atoms with Crippen LogP contribution >= 0.6 is 0 Å². The molecule has 0 radical (unpaired) electrons. The minimum Gasteiger partial charge on any atom is -0.376 e. The highest BCUT2D eigenvalue weighted by molar-refractivity contribution is 4.93. The summed E-state index contributed by atoms with van der Waals surface area (Å²) in [6.45, 7) is 1.59. The number of nitriles is 1. The van der Waals surface area contributed by atoms with Gasteiger partial charge in [-0.3, -0.25) is 0 Å². The van der Waals surface area contributed by atoms with E-state index >= 15 is 0 Å². The second kappa shape index (κ2) is 3.52. The van der Waals surface area contributed by atoms with Gasteiger partial charge in [-0.1, -0.05) is 0 Å². The Hall–Kier alpha value is -0.630. The summed E-state index contributed by atoms with van der Waals surface area (Å²) in [5.74, 6) is 0. The lowest BCUT2D eigenvalue weighted by atomic mass is 10.2. The van der Waals surface area contributed by atoms with E-state index in [0.717, 1.165) is 0 Å². The van der Waals surface area contributed by atoms with Crippen LogP contribution in [-0.2, 0) is 9.47 Å². The summed E-state index contributed by atoms with van der Waals surface area (Å²) in [5.41, 5.74) is 5.38. The van der Waals surface area contributed by atoms with Gasteiger partial charge in [-0.25, -0.2) is 0 Å². The summed E-state index contributed by atoms with van der Waals surface area (Å²) in [6.07, 6.45) is -0.237. The Morgan fingerprint density at radius 1 is 1.60 bits per heavy atom. The quantitative estimate of drug-likeness (QED) is 0.523. The Bertz CT molecular complexity index is 137. The van der Waals surface area contributed by atoms with Gasteiger partial charge < -0.3 is 15.2 Å². The molecule has 0 aliphatic carbocycles. The monoisotopic (exact) mass is 142 g/mol. The number of rotatable bonds is 1. The third kappa shape index (κ3) is 1.67. The predicted molar refractivity (Wildman–Crippen MR) is 34.1 cm³/mol. The van der Waals surface area contributed by atoms with Gasteiger partial charge in [0.15, 0.2) is 0 Å². The number of hydrogen-bond donors (Lipinski definition) is 1. The Kier molecular flexibility index (Phi) is 2.63. The first-order chi connectivity index (χ1) is 4.84. The molecule has 1 aliphatic rings. The van der Waals surface area contributed by atoms with Crippen LogP contribution in [0.4, 0.5) is 0 Å². The van der Waals surface area contributed by atoms with E-state index in [2.05, 4.69) is 0 Å². The topological polar surface area (TPSA) is 68.3 Å². The van der Waals surface area contributed by atoms with Crippen molar-refractivity contribution in [2.75, 3.05) is 19.8 Å². The van der Waals surface area contributed by atoms with E-state index in [1.54, 1.807) is 0 Å². The number of hydrogen-bond acceptors (Lipinski definition) is 4. The van der Waals surface area contributed by atoms with Gasteiger partial charge in [0, 0.05) is 0 Å². The van der Waals surface area contributed by atoms with Crippen LogP contribution in [-0.4, -0.2) is 32.0 Å². The predicted octanol–water partition coefficient (Wildman–Crippen LogP) is -0.747. The molecule has 0 bridgehead atoms. The maximum absolute atomic E-state index is 8.38. The molecule has 0 saturated carbocycles. The maximum atomic E-state index is 8.38. The minimum absolute atomic E-state index is 0.237. The molecular formula is C6H10N2O2. The average molecular weight is 142 g/mol. The summed E-state index contributed by atoms with van der Waals surface area (Å²) < 4.78 is 10.2. The second-order valence-electron chi connectivity index (χ2n) is 2.14. The van der Waals surface area contributed by atoms with Gasteiger partial charge in [-0.15, -0.1) is 0 Å². The highest BCUT2D eigenvalue weighted by atomic mass is 16.6. The van der Waals surface area contributed by atoms with Crippen LogP contribution in [0.15, 0.2) is 0 Å². The first-order valence-corrected chi connectivity index (χ1v) is 3.19. The van der Waals surface area contributed by atoms with Crippen molar-refractivity contribution in [1.82, 2.24) is 0 Å². The second-order valence-corrected chi connectivity index (χ2v) is 2.14. The highest BCUT2D eigenvalue weighted by Crippen LogP contribution is 2.02. The molecule has 1 rings (SSSR count). The van der Waals surface area contributed by atoms with Crippen LogP contribution in [0.5, 0.6) is 0 Å². The molecule has 1 fully saturated rings. The maximum Gasteiger partial charge on any atom is 0.122 e. The highest BCUT2D eigenvalue weighted by Gasteiger charge is 2.20. The van der Waals surface area contributed by atoms with Gasteiger partial charge in [-0.2, -0.15) is 5.26 Å². The van der Waals surface area contributed by atoms with E-state index in [1.165, 1.54) is 0 Å². The third-order valence-electron chi connectivity index (χ3n) is 1.39. The van der Waals surface area contributed by atoms with Crippen molar-refractivity contribution in [3.63, 3.8) is 0 Å². The summed E-state index contributed by atoms with van der Waals surface area (Å²) in [7, 11) is 0. The van der Waals surface area contributed by atoms with Crippen molar-refractivity contribution in [3.8, 4) is 6.07 Å². The molecule has 0 aromatic rings. The fraction of sp³-hybridized carbons (Fsp3) is 0.833. The standard InChI is InChI=1S/C6H10N2O2/c7-3-5(8)6-4-9-1-2-10-6/h5-6H,1-2,4,8H2/t5?,6-/m1/s1. The fourth-order valence-electron chi connectivity index (χ4n) is 0.796. The van der Waals surface area contributed by atoms with Crippen molar-refractivity contribution in [1.29, 1.82) is 5.26 Å². The van der Waals surface area contributed by atoms with E-state index in [1.807, 2.05) is 6.07 Å². The zero-order valence-corrected chi connectivity index (χ0v) is 5.62. The summed E-state index contributed by atoms with van der Waals surface area (Å²) >= 11 is 0. The zero-order chi connectivity index (χ0) is 7.40. The van der Waals surface area contributed by atoms with Crippen molar-refractivity contribution in [3.05, 3.63) is 0 Å². The average Bonchev–Trinajstić information content (AvgIpc) is 2.05. The van der Waals surface area contributed by atoms with Gasteiger partial charge in [0.1, 0.15) is 12.1 Å². The molecule has 2 N–H and O–H groups in total. The SMILES string of the molecule is N#CC(N)[C@H]1COCCO1. The van der Waals surface area contributed by atoms with Gasteiger partial charge in [0.2, 0.25) is 0 Å². The lowest BCUT2D eigenvalue weighted by Crippen LogP contribution is -2.42. The molecule has 56 valence electrons. The number of nitrogens with two attached hydrogens (primary N) is 1. The zero-order valence-electron chi connectivity index (χ0n) is 5.62. The molecule has 1 heterocycles. The van der Waals surface area contributed by atoms with Crippen molar-refractivity contribution >= 4 is 0 Å². The van der Waals surface area contributed by atoms with Crippen LogP contribution in [0, 0.1) is 11.3 Å². The Labute approximate surface area is 59.5 Å². The Morgan fingerprint density at radius 2 is 2.40 bits per heavy atom. The summed E-state index contributed by atoms with van der Waals surface area (Å²) in [6, 6.07) is 1.35. The Morgan fingerprint density at radius 3 is 2.90 bits per heavy atom. The molecule has 0 amide bonds. The van der Waals surface area contributed by atoms with Gasteiger partial charge in [0.25, 0.3) is 0 Å². The van der Waals surface area contributed by atoms with Crippen LogP contribution in [0.3, 0.4) is 0 Å². The molecular weight excluding hydrogens is 132 g/mol. The molecule has 4 heteroatoms. The number of nitrogens with zero attached hydrogens (tertiary/aromatic N) is 1. The van der Waals surface area contributed by atoms with Crippen LogP contribution < -0.4 is 5.73 Å². The van der Waals surface area contributed by atoms with Crippen molar-refractivity contribution < 1.29 is 9.47 Å². The molecule has 10 heavy (non-hydrogen) atoms. The van der Waals surface area contributed by atoms with E-state index in [-0.39, 0.29) is 6.10 Å². The summed E-state index contributed by atoms with van der Waals surface area (Å²) in [4.78, 5) is 0. The van der Waals surface area contributed by atoms with Crippen LogP contribution in [0.2, 0.25) is 0 Å². The molecule has 2 atom stereocenters. The lowest BCUT2D eigenvalue weighted by Gasteiger charge is -2.23. The minimum atomic E-state index is -0.555. The lowest BCUT2D eigenvalue weighted by molar-refractivity contribution is -0.0909. The Balaban J connectivity index is 2.33. The van der Waals surface area contributed by atoms with Crippen LogP contribution in [0.1, 0.15) is 0 Å². The molecule has 1 saturated heterocycles. The fourth-order valence-corrected chi connectivity index (χ4v) is 0.796. The van der Waals surface area contributed by atoms with Crippen LogP contribution in [0.25, 0.3) is 0 Å². The molecule has 1 unspecified atom stereocenters. The van der Waals surface area contributed by atoms with E-state index in [4.69, 9.17) is 20.5 Å². The molecule has 0 aromatic heterocycles. The van der Waals surface area contributed by atoms with Crippen molar-refractivity contribution in [2.45, 2.75) is 12.1 Å². The third-order valence-corrected chi connectivity index (χ3v) is 1.39. The normalized spacial score (nSPS) is 29.0. The van der Waals surface area contributed by atoms with E-state index in [9.17, 15) is 0 Å². The molecule has 4 nitrogen and oxygen atoms in total. The van der Waals surface area contributed by atoms with Gasteiger partial charge in [0.05, 0.1) is 25.9 Å².